The molecule has 0 saturated carbocycles. The molecule has 0 aliphatic carbocycles. The van der Waals surface area contributed by atoms with E-state index < -0.39 is 10.0 Å². The first-order valence-corrected chi connectivity index (χ1v) is 12.6. The Morgan fingerprint density at radius 2 is 1.91 bits per heavy atom. The monoisotopic (exact) mass is 478 g/mol. The molecule has 10 heteroatoms. The second-order valence-corrected chi connectivity index (χ2v) is 9.99. The summed E-state index contributed by atoms with van der Waals surface area (Å²) in [5, 5.41) is 6.70. The van der Waals surface area contributed by atoms with Gasteiger partial charge in [0.25, 0.3) is 15.9 Å². The lowest BCUT2D eigenvalue weighted by Gasteiger charge is -2.31. The number of anilines is 2. The van der Waals surface area contributed by atoms with Crippen LogP contribution in [0.4, 0.5) is 11.4 Å². The molecule has 4 rings (SSSR count). The van der Waals surface area contributed by atoms with Crippen LogP contribution in [0.25, 0.3) is 0 Å². The molecule has 0 spiro atoms. The number of amides is 1. The molecule has 172 valence electrons. The molecule has 1 amide bonds. The van der Waals surface area contributed by atoms with Gasteiger partial charge in [0.05, 0.1) is 16.6 Å². The molecule has 32 heavy (non-hydrogen) atoms. The average Bonchev–Trinajstić information content (AvgIpc) is 3.32. The van der Waals surface area contributed by atoms with Crippen molar-refractivity contribution in [3.05, 3.63) is 53.1 Å². The molecular formula is C22H27ClN4O4S. The summed E-state index contributed by atoms with van der Waals surface area (Å²) in [7, 11) is -3.82. The number of piperazine rings is 1. The minimum atomic E-state index is -3.82. The van der Waals surface area contributed by atoms with Crippen LogP contribution < -0.4 is 20.3 Å². The Bertz CT molecular complexity index is 1050. The molecule has 2 aromatic carbocycles. The fourth-order valence-electron chi connectivity index (χ4n) is 3.90. The van der Waals surface area contributed by atoms with Crippen LogP contribution in [0.15, 0.2) is 47.4 Å². The number of carbonyl (C=O) groups excluding carboxylic acids is 1. The van der Waals surface area contributed by atoms with E-state index in [1.54, 1.807) is 18.2 Å². The second-order valence-electron chi connectivity index (χ2n) is 7.87. The molecule has 8 nitrogen and oxygen atoms in total. The maximum atomic E-state index is 13.1. The van der Waals surface area contributed by atoms with Crippen LogP contribution in [0.1, 0.15) is 23.2 Å². The molecule has 0 bridgehead atoms. The molecule has 2 heterocycles. The van der Waals surface area contributed by atoms with Crippen molar-refractivity contribution in [2.45, 2.75) is 23.8 Å². The molecule has 2 aliphatic rings. The Morgan fingerprint density at radius 3 is 2.59 bits per heavy atom. The Labute approximate surface area is 193 Å². The molecule has 2 aromatic rings. The van der Waals surface area contributed by atoms with Crippen molar-refractivity contribution >= 4 is 38.9 Å². The number of rotatable bonds is 7. The van der Waals surface area contributed by atoms with Crippen LogP contribution in [-0.4, -0.2) is 59.8 Å². The summed E-state index contributed by atoms with van der Waals surface area (Å²) in [6.07, 6.45) is 1.94. The van der Waals surface area contributed by atoms with E-state index in [2.05, 4.69) is 20.3 Å². The number of carbonyl (C=O) groups is 1. The number of sulfonamides is 1. The van der Waals surface area contributed by atoms with Crippen LogP contribution in [0, 0.1) is 0 Å². The van der Waals surface area contributed by atoms with E-state index >= 15 is 0 Å². The van der Waals surface area contributed by atoms with Crippen molar-refractivity contribution in [1.82, 2.24) is 10.6 Å². The standard InChI is InChI=1S/C22H27ClN4O4S/c23-16-3-6-19(7-4-16)32(29,30)26-17-5-8-21(27-11-9-24-10-12-27)20(14-17)22(28)25-15-18-2-1-13-31-18/h3-8,14,18,24,26H,1-2,9-13,15H2,(H,25,28)/t18-/m0/s1. The average molecular weight is 479 g/mol. The van der Waals surface area contributed by atoms with Crippen molar-refractivity contribution < 1.29 is 17.9 Å². The summed E-state index contributed by atoms with van der Waals surface area (Å²) in [5.41, 5.74) is 1.54. The van der Waals surface area contributed by atoms with E-state index in [1.165, 1.54) is 24.3 Å². The molecule has 0 unspecified atom stereocenters. The van der Waals surface area contributed by atoms with Gasteiger partial charge >= 0.3 is 0 Å². The van der Waals surface area contributed by atoms with Gasteiger partial charge in [-0.2, -0.15) is 0 Å². The Hall–Kier alpha value is -2.33. The maximum Gasteiger partial charge on any atom is 0.261 e. The molecule has 2 fully saturated rings. The van der Waals surface area contributed by atoms with Gasteiger partial charge in [-0.15, -0.1) is 0 Å². The number of nitrogens with zero attached hydrogens (tertiary/aromatic N) is 1. The van der Waals surface area contributed by atoms with Crippen molar-refractivity contribution in [3.8, 4) is 0 Å². The number of ether oxygens (including phenoxy) is 1. The lowest BCUT2D eigenvalue weighted by atomic mass is 10.1. The summed E-state index contributed by atoms with van der Waals surface area (Å²) in [5.74, 6) is -0.249. The molecule has 0 radical (unpaired) electrons. The molecule has 0 aromatic heterocycles. The van der Waals surface area contributed by atoms with E-state index in [0.29, 0.717) is 29.4 Å². The van der Waals surface area contributed by atoms with Crippen LogP contribution in [0.2, 0.25) is 5.02 Å². The molecule has 3 N–H and O–H groups in total. The number of halogens is 1. The molecular weight excluding hydrogens is 452 g/mol. The van der Waals surface area contributed by atoms with Gasteiger partial charge in [-0.3, -0.25) is 9.52 Å². The third-order valence-electron chi connectivity index (χ3n) is 5.59. The molecule has 2 saturated heterocycles. The predicted octanol–water partition coefficient (Wildman–Crippen LogP) is 2.46. The first-order valence-electron chi connectivity index (χ1n) is 10.7. The van der Waals surface area contributed by atoms with E-state index in [0.717, 1.165) is 44.7 Å². The normalized spacial score (nSPS) is 19.0. The minimum absolute atomic E-state index is 0.0215. The van der Waals surface area contributed by atoms with Crippen molar-refractivity contribution in [1.29, 1.82) is 0 Å². The number of hydrogen-bond donors (Lipinski definition) is 3. The van der Waals surface area contributed by atoms with Gasteiger partial charge in [0.2, 0.25) is 0 Å². The topological polar surface area (TPSA) is 99.8 Å². The second kappa shape index (κ2) is 10.1. The van der Waals surface area contributed by atoms with Crippen molar-refractivity contribution in [3.63, 3.8) is 0 Å². The van der Waals surface area contributed by atoms with Gasteiger partial charge < -0.3 is 20.3 Å². The summed E-state index contributed by atoms with van der Waals surface area (Å²) < 4.78 is 33.7. The zero-order valence-electron chi connectivity index (χ0n) is 17.6. The Balaban J connectivity index is 1.58. The third-order valence-corrected chi connectivity index (χ3v) is 7.24. The fourth-order valence-corrected chi connectivity index (χ4v) is 5.07. The van der Waals surface area contributed by atoms with Gasteiger partial charge in [0, 0.05) is 55.7 Å². The van der Waals surface area contributed by atoms with E-state index in [4.69, 9.17) is 16.3 Å². The maximum absolute atomic E-state index is 13.1. The van der Waals surface area contributed by atoms with E-state index in [-0.39, 0.29) is 16.9 Å². The predicted molar refractivity (Wildman–Crippen MR) is 125 cm³/mol. The minimum Gasteiger partial charge on any atom is -0.376 e. The lowest BCUT2D eigenvalue weighted by Crippen LogP contribution is -2.44. The van der Waals surface area contributed by atoms with E-state index in [9.17, 15) is 13.2 Å². The number of benzene rings is 2. The molecule has 2 aliphatic heterocycles. The lowest BCUT2D eigenvalue weighted by molar-refractivity contribution is 0.0858. The quantitative estimate of drug-likeness (QED) is 0.565. The largest absolute Gasteiger partial charge is 0.376 e. The SMILES string of the molecule is O=C(NC[C@@H]1CCCO1)c1cc(NS(=O)(=O)c2ccc(Cl)cc2)ccc1N1CCNCC1. The highest BCUT2D eigenvalue weighted by Crippen LogP contribution is 2.27. The highest BCUT2D eigenvalue weighted by molar-refractivity contribution is 7.92. The van der Waals surface area contributed by atoms with Gasteiger partial charge in [-0.05, 0) is 55.3 Å². The van der Waals surface area contributed by atoms with Crippen LogP contribution in [0.5, 0.6) is 0 Å². The third kappa shape index (κ3) is 5.53. The summed E-state index contributed by atoms with van der Waals surface area (Å²) in [4.78, 5) is 15.3. The van der Waals surface area contributed by atoms with Gasteiger partial charge in [0.15, 0.2) is 0 Å². The van der Waals surface area contributed by atoms with Gasteiger partial charge in [-0.1, -0.05) is 11.6 Å². The smallest absolute Gasteiger partial charge is 0.261 e. The Kier molecular flexibility index (Phi) is 7.20. The highest BCUT2D eigenvalue weighted by Gasteiger charge is 2.23. The first kappa shape index (κ1) is 22.8. The van der Waals surface area contributed by atoms with Gasteiger partial charge in [0.1, 0.15) is 0 Å². The number of nitrogens with one attached hydrogen (secondary N) is 3. The summed E-state index contributed by atoms with van der Waals surface area (Å²) in [6.45, 7) is 4.32. The fraction of sp³-hybridized carbons (Fsp3) is 0.409. The van der Waals surface area contributed by atoms with Crippen LogP contribution in [-0.2, 0) is 14.8 Å². The van der Waals surface area contributed by atoms with Crippen LogP contribution in [0.3, 0.4) is 0 Å². The number of hydrogen-bond acceptors (Lipinski definition) is 6. The Morgan fingerprint density at radius 1 is 1.16 bits per heavy atom. The van der Waals surface area contributed by atoms with Crippen LogP contribution >= 0.6 is 11.6 Å². The van der Waals surface area contributed by atoms with Crippen molar-refractivity contribution in [2.75, 3.05) is 49.0 Å². The zero-order chi connectivity index (χ0) is 22.6. The summed E-state index contributed by atoms with van der Waals surface area (Å²) >= 11 is 5.87. The molecule has 1 atom stereocenters. The highest BCUT2D eigenvalue weighted by atomic mass is 35.5. The zero-order valence-corrected chi connectivity index (χ0v) is 19.2. The van der Waals surface area contributed by atoms with Gasteiger partial charge in [-0.25, -0.2) is 8.42 Å². The summed E-state index contributed by atoms with van der Waals surface area (Å²) in [6, 6.07) is 11.0. The van der Waals surface area contributed by atoms with E-state index in [1.807, 2.05) is 0 Å². The first-order chi connectivity index (χ1) is 15.4. The van der Waals surface area contributed by atoms with Crippen molar-refractivity contribution in [2.24, 2.45) is 0 Å².